The normalized spacial score (nSPS) is 10.7. The first-order chi connectivity index (χ1) is 13.0. The molecular weight excluding hydrogens is 348 g/mol. The average Bonchev–Trinajstić information content (AvgIpc) is 2.67. The molecular formula is C20H24N2O5. The van der Waals surface area contributed by atoms with Gasteiger partial charge in [-0.15, -0.1) is 0 Å². The van der Waals surface area contributed by atoms with Crippen LogP contribution in [0.15, 0.2) is 41.5 Å². The molecule has 2 aromatic carbocycles. The molecule has 7 heteroatoms. The Labute approximate surface area is 158 Å². The van der Waals surface area contributed by atoms with Gasteiger partial charge in [-0.25, -0.2) is 5.43 Å². The fourth-order valence-electron chi connectivity index (χ4n) is 2.29. The van der Waals surface area contributed by atoms with Gasteiger partial charge in [0.2, 0.25) is 0 Å². The number of amides is 1. The monoisotopic (exact) mass is 372 g/mol. The lowest BCUT2D eigenvalue weighted by Gasteiger charge is -2.14. The summed E-state index contributed by atoms with van der Waals surface area (Å²) >= 11 is 0. The molecule has 27 heavy (non-hydrogen) atoms. The van der Waals surface area contributed by atoms with Crippen molar-refractivity contribution in [3.05, 3.63) is 47.5 Å². The fraction of sp³-hybridized carbons (Fsp3) is 0.300. The Morgan fingerprint density at radius 1 is 0.963 bits per heavy atom. The van der Waals surface area contributed by atoms with Crippen LogP contribution in [-0.4, -0.2) is 39.6 Å². The number of hydrogen-bond acceptors (Lipinski definition) is 6. The van der Waals surface area contributed by atoms with Crippen molar-refractivity contribution in [1.82, 2.24) is 5.43 Å². The van der Waals surface area contributed by atoms with Gasteiger partial charge in [0, 0.05) is 17.2 Å². The van der Waals surface area contributed by atoms with E-state index in [0.29, 0.717) is 28.6 Å². The van der Waals surface area contributed by atoms with Gasteiger partial charge in [-0.1, -0.05) is 0 Å². The topological polar surface area (TPSA) is 78.4 Å². The summed E-state index contributed by atoms with van der Waals surface area (Å²) in [6.07, 6.45) is 1.51. The third kappa shape index (κ3) is 5.64. The molecule has 0 fully saturated rings. The summed E-state index contributed by atoms with van der Waals surface area (Å²) in [6.45, 7) is 3.84. The highest BCUT2D eigenvalue weighted by molar-refractivity contribution is 5.95. The molecule has 0 aliphatic rings. The molecule has 144 valence electrons. The van der Waals surface area contributed by atoms with Gasteiger partial charge in [0.15, 0.2) is 11.5 Å². The van der Waals surface area contributed by atoms with Gasteiger partial charge in [-0.05, 0) is 44.2 Å². The lowest BCUT2D eigenvalue weighted by Crippen LogP contribution is -2.18. The molecule has 1 amide bonds. The van der Waals surface area contributed by atoms with Crippen molar-refractivity contribution in [2.75, 3.05) is 21.3 Å². The van der Waals surface area contributed by atoms with Gasteiger partial charge >= 0.3 is 0 Å². The van der Waals surface area contributed by atoms with Gasteiger partial charge in [0.05, 0.1) is 33.6 Å². The summed E-state index contributed by atoms with van der Waals surface area (Å²) in [5.41, 5.74) is 3.62. The van der Waals surface area contributed by atoms with Crippen molar-refractivity contribution in [3.8, 4) is 23.0 Å². The number of carbonyl (C=O) groups excluding carboxylic acids is 1. The maximum absolute atomic E-state index is 12.3. The molecule has 0 atom stereocenters. The molecule has 7 nitrogen and oxygen atoms in total. The Balaban J connectivity index is 2.10. The number of methoxy groups -OCH3 is 3. The third-order valence-electron chi connectivity index (χ3n) is 3.54. The van der Waals surface area contributed by atoms with E-state index in [1.165, 1.54) is 13.3 Å². The zero-order valence-electron chi connectivity index (χ0n) is 16.1. The highest BCUT2D eigenvalue weighted by Gasteiger charge is 2.11. The van der Waals surface area contributed by atoms with Crippen LogP contribution in [0.2, 0.25) is 0 Å². The van der Waals surface area contributed by atoms with E-state index in [4.69, 9.17) is 18.9 Å². The Morgan fingerprint density at radius 3 is 2.19 bits per heavy atom. The Morgan fingerprint density at radius 2 is 1.63 bits per heavy atom. The molecule has 0 spiro atoms. The van der Waals surface area contributed by atoms with E-state index >= 15 is 0 Å². The molecule has 0 bridgehead atoms. The van der Waals surface area contributed by atoms with E-state index in [-0.39, 0.29) is 12.0 Å². The number of rotatable bonds is 8. The third-order valence-corrected chi connectivity index (χ3v) is 3.54. The largest absolute Gasteiger partial charge is 0.497 e. The van der Waals surface area contributed by atoms with Crippen molar-refractivity contribution in [2.24, 2.45) is 5.10 Å². The standard InChI is InChI=1S/C20H24N2O5/c1-13(2)27-18-7-6-15(10-19(18)26-5)20(23)22-21-12-14-8-16(24-3)11-17(9-14)25-4/h6-13H,1-5H3,(H,22,23)/b21-12-. The van der Waals surface area contributed by atoms with Crippen molar-refractivity contribution < 1.29 is 23.7 Å². The van der Waals surface area contributed by atoms with E-state index in [1.807, 2.05) is 13.8 Å². The number of nitrogens with zero attached hydrogens (tertiary/aromatic N) is 1. The van der Waals surface area contributed by atoms with Crippen LogP contribution in [0, 0.1) is 0 Å². The minimum Gasteiger partial charge on any atom is -0.497 e. The number of carbonyl (C=O) groups is 1. The lowest BCUT2D eigenvalue weighted by molar-refractivity contribution is 0.0954. The van der Waals surface area contributed by atoms with Crippen LogP contribution >= 0.6 is 0 Å². The predicted octanol–water partition coefficient (Wildman–Crippen LogP) is 3.26. The van der Waals surface area contributed by atoms with E-state index in [0.717, 1.165) is 5.56 Å². The van der Waals surface area contributed by atoms with E-state index < -0.39 is 0 Å². The molecule has 1 N–H and O–H groups in total. The molecule has 0 unspecified atom stereocenters. The maximum atomic E-state index is 12.3. The van der Waals surface area contributed by atoms with Crippen LogP contribution in [0.3, 0.4) is 0 Å². The summed E-state index contributed by atoms with van der Waals surface area (Å²) in [5, 5.41) is 3.99. The molecule has 0 heterocycles. The predicted molar refractivity (Wildman–Crippen MR) is 103 cm³/mol. The second-order valence-corrected chi connectivity index (χ2v) is 5.88. The Bertz CT molecular complexity index is 796. The van der Waals surface area contributed by atoms with Gasteiger partial charge < -0.3 is 18.9 Å². The van der Waals surface area contributed by atoms with E-state index in [9.17, 15) is 4.79 Å². The van der Waals surface area contributed by atoms with Crippen molar-refractivity contribution in [1.29, 1.82) is 0 Å². The number of hydrazone groups is 1. The highest BCUT2D eigenvalue weighted by atomic mass is 16.5. The van der Waals surface area contributed by atoms with Crippen LogP contribution in [-0.2, 0) is 0 Å². The molecule has 0 saturated carbocycles. The summed E-state index contributed by atoms with van der Waals surface area (Å²) in [6, 6.07) is 10.3. The zero-order valence-corrected chi connectivity index (χ0v) is 16.1. The van der Waals surface area contributed by atoms with Crippen molar-refractivity contribution in [2.45, 2.75) is 20.0 Å². The van der Waals surface area contributed by atoms with E-state index in [2.05, 4.69) is 10.5 Å². The van der Waals surface area contributed by atoms with Gasteiger partial charge in [-0.3, -0.25) is 4.79 Å². The molecule has 2 rings (SSSR count). The van der Waals surface area contributed by atoms with Gasteiger partial charge in [-0.2, -0.15) is 5.10 Å². The molecule has 0 radical (unpaired) electrons. The molecule has 0 aromatic heterocycles. The van der Waals surface area contributed by atoms with Crippen LogP contribution in [0.5, 0.6) is 23.0 Å². The Kier molecular flexibility index (Phi) is 7.05. The average molecular weight is 372 g/mol. The summed E-state index contributed by atoms with van der Waals surface area (Å²) in [4.78, 5) is 12.3. The lowest BCUT2D eigenvalue weighted by atomic mass is 10.2. The summed E-state index contributed by atoms with van der Waals surface area (Å²) < 4.78 is 21.3. The zero-order chi connectivity index (χ0) is 19.8. The molecule has 0 aliphatic carbocycles. The molecule has 0 saturated heterocycles. The molecule has 2 aromatic rings. The van der Waals surface area contributed by atoms with Crippen LogP contribution in [0.25, 0.3) is 0 Å². The smallest absolute Gasteiger partial charge is 0.271 e. The fourth-order valence-corrected chi connectivity index (χ4v) is 2.29. The van der Waals surface area contributed by atoms with Gasteiger partial charge in [0.25, 0.3) is 5.91 Å². The van der Waals surface area contributed by atoms with Crippen molar-refractivity contribution in [3.63, 3.8) is 0 Å². The summed E-state index contributed by atoms with van der Waals surface area (Å²) in [5.74, 6) is 1.96. The second-order valence-electron chi connectivity index (χ2n) is 5.88. The SMILES string of the molecule is COc1cc(/C=N\NC(=O)c2ccc(OC(C)C)c(OC)c2)cc(OC)c1. The van der Waals surface area contributed by atoms with Crippen LogP contribution in [0.1, 0.15) is 29.8 Å². The highest BCUT2D eigenvalue weighted by Crippen LogP contribution is 2.29. The second kappa shape index (κ2) is 9.47. The summed E-state index contributed by atoms with van der Waals surface area (Å²) in [7, 11) is 4.66. The number of ether oxygens (including phenoxy) is 4. The minimum absolute atomic E-state index is 0.00281. The van der Waals surface area contributed by atoms with Crippen molar-refractivity contribution >= 4 is 12.1 Å². The van der Waals surface area contributed by atoms with E-state index in [1.54, 1.807) is 50.6 Å². The minimum atomic E-state index is -0.365. The first kappa shape index (κ1) is 20.1. The number of benzene rings is 2. The number of nitrogens with one attached hydrogen (secondary N) is 1. The Hall–Kier alpha value is -3.22. The first-order valence-corrected chi connectivity index (χ1v) is 8.38. The molecule has 0 aliphatic heterocycles. The maximum Gasteiger partial charge on any atom is 0.271 e. The quantitative estimate of drug-likeness (QED) is 0.568. The first-order valence-electron chi connectivity index (χ1n) is 8.38. The van der Waals surface area contributed by atoms with Gasteiger partial charge in [0.1, 0.15) is 11.5 Å². The van der Waals surface area contributed by atoms with Crippen LogP contribution in [0.4, 0.5) is 0 Å². The van der Waals surface area contributed by atoms with Crippen LogP contribution < -0.4 is 24.4 Å². The number of hydrogen-bond donors (Lipinski definition) is 1.